The number of rotatable bonds is 3. The molecule has 1 N–H and O–H groups in total. The summed E-state index contributed by atoms with van der Waals surface area (Å²) >= 11 is 6.88. The first-order valence-corrected chi connectivity index (χ1v) is 8.49. The van der Waals surface area contributed by atoms with Crippen LogP contribution in [0.3, 0.4) is 0 Å². The van der Waals surface area contributed by atoms with E-state index in [0.29, 0.717) is 29.5 Å². The van der Waals surface area contributed by atoms with Gasteiger partial charge in [0.25, 0.3) is 0 Å². The van der Waals surface area contributed by atoms with Gasteiger partial charge in [-0.1, -0.05) is 11.6 Å². The Kier molecular flexibility index (Phi) is 4.79. The van der Waals surface area contributed by atoms with Crippen molar-refractivity contribution in [2.45, 2.75) is 19.1 Å². The Morgan fingerprint density at radius 3 is 2.92 bits per heavy atom. The van der Waals surface area contributed by atoms with Crippen molar-refractivity contribution >= 4 is 34.7 Å². The number of benzene rings is 1. The summed E-state index contributed by atoms with van der Waals surface area (Å²) in [5.74, 6) is 0.569. The largest absolute Gasteiger partial charge is 0.491 e. The first-order chi connectivity index (χ1) is 11.7. The molecular formula is C15H13ClF3N3O2S. The molecule has 0 unspecified atom stereocenters. The van der Waals surface area contributed by atoms with Crippen LogP contribution in [0.4, 0.5) is 23.7 Å². The number of ether oxygens (including phenoxy) is 1. The second kappa shape index (κ2) is 6.72. The summed E-state index contributed by atoms with van der Waals surface area (Å²) in [6.07, 6.45) is -3.79. The number of carbonyl (C=O) groups excluding carboxylic acids is 1. The maximum Gasteiger partial charge on any atom is 0.434 e. The van der Waals surface area contributed by atoms with Crippen LogP contribution in [-0.4, -0.2) is 29.6 Å². The molecule has 0 saturated heterocycles. The molecule has 2 heterocycles. The van der Waals surface area contributed by atoms with Crippen molar-refractivity contribution in [3.63, 3.8) is 0 Å². The fourth-order valence-corrected chi connectivity index (χ4v) is 3.46. The molecule has 0 atom stereocenters. The Morgan fingerprint density at radius 1 is 1.48 bits per heavy atom. The van der Waals surface area contributed by atoms with Crippen LogP contribution in [0.2, 0.25) is 5.02 Å². The Hall–Kier alpha value is -2.00. The van der Waals surface area contributed by atoms with Gasteiger partial charge in [-0.3, -0.25) is 0 Å². The van der Waals surface area contributed by atoms with E-state index >= 15 is 0 Å². The molecule has 1 aliphatic heterocycles. The highest BCUT2D eigenvalue weighted by atomic mass is 35.5. The van der Waals surface area contributed by atoms with Crippen molar-refractivity contribution in [1.29, 1.82) is 0 Å². The van der Waals surface area contributed by atoms with Gasteiger partial charge in [0.1, 0.15) is 10.8 Å². The Bertz CT molecular complexity index is 810. The number of urea groups is 1. The molecule has 0 saturated carbocycles. The van der Waals surface area contributed by atoms with Crippen LogP contribution in [0, 0.1) is 0 Å². The van der Waals surface area contributed by atoms with E-state index in [1.165, 1.54) is 11.9 Å². The van der Waals surface area contributed by atoms with Gasteiger partial charge in [-0.05, 0) is 12.1 Å². The molecule has 5 nitrogen and oxygen atoms in total. The van der Waals surface area contributed by atoms with Gasteiger partial charge in [0.15, 0.2) is 5.69 Å². The highest BCUT2D eigenvalue weighted by molar-refractivity contribution is 7.09. The first kappa shape index (κ1) is 17.8. The highest BCUT2D eigenvalue weighted by Crippen LogP contribution is 2.37. The van der Waals surface area contributed by atoms with E-state index in [0.717, 1.165) is 22.3 Å². The van der Waals surface area contributed by atoms with Crippen molar-refractivity contribution < 1.29 is 22.7 Å². The molecule has 1 aliphatic rings. The van der Waals surface area contributed by atoms with Crippen LogP contribution in [0.25, 0.3) is 0 Å². The molecule has 0 aliphatic carbocycles. The minimum absolute atomic E-state index is 0.0454. The number of anilines is 1. The lowest BCUT2D eigenvalue weighted by Gasteiger charge is -2.18. The maximum atomic E-state index is 12.6. The van der Waals surface area contributed by atoms with Crippen LogP contribution >= 0.6 is 22.9 Å². The van der Waals surface area contributed by atoms with Gasteiger partial charge in [-0.15, -0.1) is 11.3 Å². The van der Waals surface area contributed by atoms with Gasteiger partial charge >= 0.3 is 12.2 Å². The normalized spacial score (nSPS) is 13.3. The number of halogens is 4. The topological polar surface area (TPSA) is 54.5 Å². The molecule has 0 radical (unpaired) electrons. The van der Waals surface area contributed by atoms with Gasteiger partial charge in [0.05, 0.1) is 18.8 Å². The predicted molar refractivity (Wildman–Crippen MR) is 88.3 cm³/mol. The summed E-state index contributed by atoms with van der Waals surface area (Å²) in [6, 6.07) is 2.85. The number of carbonyl (C=O) groups is 1. The van der Waals surface area contributed by atoms with E-state index in [-0.39, 0.29) is 11.6 Å². The average molecular weight is 392 g/mol. The molecule has 0 fully saturated rings. The average Bonchev–Trinajstić information content (AvgIpc) is 3.15. The predicted octanol–water partition coefficient (Wildman–Crippen LogP) is 4.41. The summed E-state index contributed by atoms with van der Waals surface area (Å²) in [5.41, 5.74) is 0.384. The molecule has 1 aromatic carbocycles. The van der Waals surface area contributed by atoms with Gasteiger partial charge in [-0.2, -0.15) is 13.2 Å². The number of fused-ring (bicyclic) bond motifs is 1. The smallest absolute Gasteiger partial charge is 0.434 e. The minimum Gasteiger partial charge on any atom is -0.491 e. The van der Waals surface area contributed by atoms with E-state index < -0.39 is 17.9 Å². The number of hydrogen-bond donors (Lipinski definition) is 1. The Labute approximate surface area is 150 Å². The fourth-order valence-electron chi connectivity index (χ4n) is 2.36. The number of nitrogens with one attached hydrogen (secondary N) is 1. The SMILES string of the molecule is CN(Cc1nc(C(F)(F)F)cs1)C(=O)Nc1cc(Cl)cc2c1OCC2. The number of thiazole rings is 1. The fraction of sp³-hybridized carbons (Fsp3) is 0.333. The summed E-state index contributed by atoms with van der Waals surface area (Å²) in [4.78, 5) is 17.0. The molecule has 1 aromatic heterocycles. The number of hydrogen-bond acceptors (Lipinski definition) is 4. The van der Waals surface area contributed by atoms with Crippen molar-refractivity contribution in [3.8, 4) is 5.75 Å². The van der Waals surface area contributed by atoms with Gasteiger partial charge < -0.3 is 15.0 Å². The number of aromatic nitrogens is 1. The summed E-state index contributed by atoms with van der Waals surface area (Å²) in [7, 11) is 1.47. The van der Waals surface area contributed by atoms with Gasteiger partial charge in [0, 0.05) is 29.4 Å². The molecule has 0 bridgehead atoms. The lowest BCUT2D eigenvalue weighted by Crippen LogP contribution is -2.31. The van der Waals surface area contributed by atoms with Crippen molar-refractivity contribution in [2.75, 3.05) is 19.0 Å². The molecule has 134 valence electrons. The third-order valence-corrected chi connectivity index (χ3v) is 4.60. The minimum atomic E-state index is -4.49. The van der Waals surface area contributed by atoms with E-state index in [4.69, 9.17) is 16.3 Å². The highest BCUT2D eigenvalue weighted by Gasteiger charge is 2.33. The zero-order valence-corrected chi connectivity index (χ0v) is 14.6. The molecule has 0 spiro atoms. The summed E-state index contributed by atoms with van der Waals surface area (Å²) < 4.78 is 43.2. The van der Waals surface area contributed by atoms with Crippen molar-refractivity contribution in [1.82, 2.24) is 9.88 Å². The third kappa shape index (κ3) is 3.98. The lowest BCUT2D eigenvalue weighted by atomic mass is 10.1. The lowest BCUT2D eigenvalue weighted by molar-refractivity contribution is -0.140. The van der Waals surface area contributed by atoms with Crippen LogP contribution in [0.15, 0.2) is 17.5 Å². The molecule has 10 heteroatoms. The monoisotopic (exact) mass is 391 g/mol. The van der Waals surface area contributed by atoms with Gasteiger partial charge in [-0.25, -0.2) is 9.78 Å². The van der Waals surface area contributed by atoms with Crippen molar-refractivity contribution in [2.24, 2.45) is 0 Å². The summed E-state index contributed by atoms with van der Waals surface area (Å²) in [5, 5.41) is 4.26. The van der Waals surface area contributed by atoms with Crippen LogP contribution < -0.4 is 10.1 Å². The second-order valence-electron chi connectivity index (χ2n) is 5.45. The molecule has 3 rings (SSSR count). The van der Waals surface area contributed by atoms with Crippen LogP contribution in [0.5, 0.6) is 5.75 Å². The number of amides is 2. The second-order valence-corrected chi connectivity index (χ2v) is 6.83. The van der Waals surface area contributed by atoms with Crippen LogP contribution in [0.1, 0.15) is 16.3 Å². The summed E-state index contributed by atoms with van der Waals surface area (Å²) in [6.45, 7) is 0.462. The molecule has 2 aromatic rings. The first-order valence-electron chi connectivity index (χ1n) is 7.23. The van der Waals surface area contributed by atoms with E-state index in [1.807, 2.05) is 0 Å². The van der Waals surface area contributed by atoms with E-state index in [2.05, 4.69) is 10.3 Å². The standard InChI is InChI=1S/C15H13ClF3N3O2S/c1-22(6-12-21-11(7-25-12)15(17,18)19)14(23)20-10-5-9(16)4-8-2-3-24-13(8)10/h4-5,7H,2-3,6H2,1H3,(H,20,23). The Morgan fingerprint density at radius 2 is 2.24 bits per heavy atom. The molecule has 25 heavy (non-hydrogen) atoms. The molecular weight excluding hydrogens is 379 g/mol. The zero-order chi connectivity index (χ0) is 18.2. The van der Waals surface area contributed by atoms with Gasteiger partial charge in [0.2, 0.25) is 0 Å². The third-order valence-electron chi connectivity index (χ3n) is 3.55. The Balaban J connectivity index is 1.69. The maximum absolute atomic E-state index is 12.6. The quantitative estimate of drug-likeness (QED) is 0.843. The van der Waals surface area contributed by atoms with E-state index in [1.54, 1.807) is 12.1 Å². The molecule has 2 amide bonds. The van der Waals surface area contributed by atoms with Crippen LogP contribution in [-0.2, 0) is 19.1 Å². The number of nitrogens with zero attached hydrogens (tertiary/aromatic N) is 2. The van der Waals surface area contributed by atoms with E-state index in [9.17, 15) is 18.0 Å². The zero-order valence-electron chi connectivity index (χ0n) is 13.0. The van der Waals surface area contributed by atoms with Crippen molar-refractivity contribution in [3.05, 3.63) is 38.8 Å². The number of alkyl halides is 3.